The lowest BCUT2D eigenvalue weighted by atomic mass is 10.0. The summed E-state index contributed by atoms with van der Waals surface area (Å²) in [5.74, 6) is -0.122. The Labute approximate surface area is 332 Å². The van der Waals surface area contributed by atoms with Crippen molar-refractivity contribution in [2.45, 2.75) is 0 Å². The van der Waals surface area contributed by atoms with Crippen LogP contribution in [0.5, 0.6) is 0 Å². The summed E-state index contributed by atoms with van der Waals surface area (Å²) in [5, 5.41) is 8.43. The Morgan fingerprint density at radius 1 is 0.617 bits per heavy atom. The average molecular weight is 985 g/mol. The molecule has 0 saturated heterocycles. The second kappa shape index (κ2) is 18.2. The van der Waals surface area contributed by atoms with E-state index < -0.39 is 0 Å². The zero-order valence-electron chi connectivity index (χ0n) is 23.7. The molecule has 0 aliphatic heterocycles. The molecule has 0 atom stereocenters. The van der Waals surface area contributed by atoms with Crippen molar-refractivity contribution in [1.82, 2.24) is 0 Å². The number of para-hydroxylation sites is 2. The Hall–Kier alpha value is -1.87. The average Bonchev–Trinajstić information content (AvgIpc) is 3.69. The summed E-state index contributed by atoms with van der Waals surface area (Å²) in [7, 11) is 0. The molecule has 3 N–H and O–H groups in total. The number of hydrogen-bond donors (Lipinski definition) is 2. The van der Waals surface area contributed by atoms with Gasteiger partial charge in [0.15, 0.2) is 0 Å². The van der Waals surface area contributed by atoms with E-state index in [0.29, 0.717) is 31.2 Å². The first-order valence-electron chi connectivity index (χ1n) is 13.3. The van der Waals surface area contributed by atoms with Gasteiger partial charge in [-0.3, -0.25) is 9.59 Å². The summed E-state index contributed by atoms with van der Waals surface area (Å²) in [6, 6.07) is 29.7. The van der Waals surface area contributed by atoms with Gasteiger partial charge in [-0.2, -0.15) is 0 Å². The number of carbonyl (C=O) groups is 2. The second-order valence-electron chi connectivity index (χ2n) is 9.33. The molecule has 47 heavy (non-hydrogen) atoms. The minimum atomic E-state index is -0.374. The maximum Gasteiger partial charge on any atom is 0.257 e. The van der Waals surface area contributed by atoms with Crippen LogP contribution in [-0.4, -0.2) is 11.1 Å². The van der Waals surface area contributed by atoms with E-state index in [1.807, 2.05) is 83.6 Å². The fourth-order valence-corrected chi connectivity index (χ4v) is 7.93. The molecule has 4 aromatic carbocycles. The van der Waals surface area contributed by atoms with E-state index in [2.05, 4.69) is 50.5 Å². The number of nitrogen functional groups attached to an aromatic ring is 1. The highest BCUT2D eigenvalue weighted by atomic mass is 127. The highest BCUT2D eigenvalue weighted by Gasteiger charge is 2.14. The van der Waals surface area contributed by atoms with Crippen LogP contribution in [0.4, 0.5) is 11.4 Å². The Kier molecular flexibility index (Phi) is 14.7. The zero-order valence-corrected chi connectivity index (χ0v) is 33.5. The van der Waals surface area contributed by atoms with Crippen LogP contribution >= 0.6 is 126 Å². The molecule has 0 aliphatic carbocycles. The number of nitrogens with two attached hydrogens (primary N) is 1. The van der Waals surface area contributed by atoms with Gasteiger partial charge < -0.3 is 11.1 Å². The summed E-state index contributed by atoms with van der Waals surface area (Å²) in [4.78, 5) is 22.9. The summed E-state index contributed by atoms with van der Waals surface area (Å²) >= 11 is 36.4. The lowest BCUT2D eigenvalue weighted by Crippen LogP contribution is -2.12. The summed E-state index contributed by atoms with van der Waals surface area (Å²) in [5.41, 5.74) is 12.4. The normalized spacial score (nSPS) is 10.3. The number of rotatable bonds is 5. The van der Waals surface area contributed by atoms with E-state index in [-0.39, 0.29) is 11.1 Å². The van der Waals surface area contributed by atoms with Crippen molar-refractivity contribution in [2.24, 2.45) is 0 Å². The number of amides is 1. The number of nitrogens with one attached hydrogen (secondary N) is 1. The molecule has 0 radical (unpaired) electrons. The van der Waals surface area contributed by atoms with Crippen LogP contribution in [0.2, 0.25) is 20.1 Å². The summed E-state index contributed by atoms with van der Waals surface area (Å²) in [6.45, 7) is 0. The Morgan fingerprint density at radius 3 is 1.57 bits per heavy atom. The quantitative estimate of drug-likeness (QED) is 0.103. The third-order valence-electron chi connectivity index (χ3n) is 6.29. The molecule has 0 unspecified atom stereocenters. The molecular weight excluding hydrogens is 964 g/mol. The van der Waals surface area contributed by atoms with Gasteiger partial charge in [0.25, 0.3) is 11.1 Å². The van der Waals surface area contributed by atoms with Gasteiger partial charge in [-0.25, -0.2) is 0 Å². The maximum absolute atomic E-state index is 12.4. The van der Waals surface area contributed by atoms with E-state index in [1.54, 1.807) is 35.6 Å². The largest absolute Gasteiger partial charge is 0.398 e. The van der Waals surface area contributed by atoms with Crippen molar-refractivity contribution in [3.63, 3.8) is 0 Å². The van der Waals surface area contributed by atoms with Crippen molar-refractivity contribution in [3.8, 4) is 22.3 Å². The first-order chi connectivity index (χ1) is 22.5. The van der Waals surface area contributed by atoms with Crippen LogP contribution in [0.25, 0.3) is 22.3 Å². The number of anilines is 2. The fraction of sp³-hybridized carbons (Fsp3) is 0. The number of benzene rings is 4. The minimum absolute atomic E-state index is 0.122. The van der Waals surface area contributed by atoms with Gasteiger partial charge >= 0.3 is 0 Å². The SMILES string of the molecule is Nc1ccccc1-c1ccc(Cl)c(Cl)c1.O=C(Cl)c1ccsc1I.O=C(Nc1ccccc1-c1ccc(Cl)c(Cl)c1)c1ccsc1I. The molecule has 0 saturated carbocycles. The van der Waals surface area contributed by atoms with Crippen LogP contribution in [-0.2, 0) is 0 Å². The molecule has 1 amide bonds. The van der Waals surface area contributed by atoms with Crippen molar-refractivity contribution >= 4 is 148 Å². The number of hydrogen-bond acceptors (Lipinski definition) is 5. The Bertz CT molecular complexity index is 2030. The first kappa shape index (κ1) is 37.9. The lowest BCUT2D eigenvalue weighted by Gasteiger charge is -2.12. The number of thiophene rings is 2. The molecule has 2 aromatic heterocycles. The van der Waals surface area contributed by atoms with Gasteiger partial charge in [0.05, 0.1) is 37.0 Å². The molecular formula is C34H21Cl5I2N2O2S2. The van der Waals surface area contributed by atoms with Gasteiger partial charge in [-0.1, -0.05) is 94.9 Å². The third-order valence-corrected chi connectivity index (χ3v) is 12.1. The van der Waals surface area contributed by atoms with Gasteiger partial charge in [-0.15, -0.1) is 22.7 Å². The standard InChI is InChI=1S/C17H10Cl2INOS.C12H9Cl2N.C5H2ClIOS/c18-13-6-5-10(9-14(13)19)11-3-1-2-4-15(11)21-17(22)12-7-8-23-16(12)20;13-10-6-5-8(7-11(10)14)9-3-1-2-4-12(9)15;6-4(8)3-1-2-9-5(3)7/h1-9H,(H,21,22);1-7H,15H2;1-2H. The Morgan fingerprint density at radius 2 is 1.11 bits per heavy atom. The molecule has 6 aromatic rings. The van der Waals surface area contributed by atoms with Crippen molar-refractivity contribution < 1.29 is 9.59 Å². The van der Waals surface area contributed by atoms with E-state index in [4.69, 9.17) is 63.7 Å². The monoisotopic (exact) mass is 982 g/mol. The molecule has 0 fully saturated rings. The van der Waals surface area contributed by atoms with E-state index >= 15 is 0 Å². The number of halogens is 7. The predicted molar refractivity (Wildman–Crippen MR) is 220 cm³/mol. The molecule has 0 aliphatic rings. The van der Waals surface area contributed by atoms with Gasteiger partial charge in [0, 0.05) is 22.5 Å². The molecule has 2 heterocycles. The maximum atomic E-state index is 12.4. The van der Waals surface area contributed by atoms with E-state index in [9.17, 15) is 9.59 Å². The van der Waals surface area contributed by atoms with Crippen LogP contribution in [0.15, 0.2) is 108 Å². The molecule has 0 bridgehead atoms. The first-order valence-corrected chi connectivity index (χ1v) is 19.1. The van der Waals surface area contributed by atoms with Crippen molar-refractivity contribution in [2.75, 3.05) is 11.1 Å². The minimum Gasteiger partial charge on any atom is -0.398 e. The number of carbonyl (C=O) groups excluding carboxylic acids is 2. The van der Waals surface area contributed by atoms with E-state index in [0.717, 1.165) is 39.4 Å². The highest BCUT2D eigenvalue weighted by molar-refractivity contribution is 14.1. The molecule has 4 nitrogen and oxygen atoms in total. The Balaban J connectivity index is 0.000000178. The van der Waals surface area contributed by atoms with Crippen molar-refractivity contribution in [3.05, 3.63) is 145 Å². The van der Waals surface area contributed by atoms with Crippen LogP contribution in [0.3, 0.4) is 0 Å². The third kappa shape index (κ3) is 10.6. The smallest absolute Gasteiger partial charge is 0.257 e. The molecule has 6 rings (SSSR count). The van der Waals surface area contributed by atoms with Gasteiger partial charge in [0.2, 0.25) is 0 Å². The summed E-state index contributed by atoms with van der Waals surface area (Å²) < 4.78 is 1.92. The van der Waals surface area contributed by atoms with Gasteiger partial charge in [0.1, 0.15) is 0 Å². The van der Waals surface area contributed by atoms with Crippen LogP contribution in [0.1, 0.15) is 20.7 Å². The molecule has 0 spiro atoms. The molecule has 13 heteroatoms. The summed E-state index contributed by atoms with van der Waals surface area (Å²) in [6.07, 6.45) is 0. The highest BCUT2D eigenvalue weighted by Crippen LogP contribution is 2.34. The van der Waals surface area contributed by atoms with Crippen LogP contribution < -0.4 is 11.1 Å². The second-order valence-corrected chi connectivity index (χ2v) is 16.8. The topological polar surface area (TPSA) is 72.2 Å². The zero-order chi connectivity index (χ0) is 34.1. The van der Waals surface area contributed by atoms with Crippen molar-refractivity contribution in [1.29, 1.82) is 0 Å². The van der Waals surface area contributed by atoms with Crippen LogP contribution in [0, 0.1) is 5.77 Å². The fourth-order valence-electron chi connectivity index (χ4n) is 4.01. The van der Waals surface area contributed by atoms with Gasteiger partial charge in [-0.05, 0) is 127 Å². The lowest BCUT2D eigenvalue weighted by molar-refractivity contribution is 0.102. The predicted octanol–water partition coefficient (Wildman–Crippen LogP) is 13.6. The van der Waals surface area contributed by atoms with E-state index in [1.165, 1.54) is 11.3 Å². The molecule has 240 valence electrons.